The van der Waals surface area contributed by atoms with E-state index in [2.05, 4.69) is 10.3 Å². The Morgan fingerprint density at radius 1 is 0.906 bits per heavy atom. The van der Waals surface area contributed by atoms with E-state index in [1.807, 2.05) is 35.2 Å². The summed E-state index contributed by atoms with van der Waals surface area (Å²) >= 11 is 0. The molecule has 0 radical (unpaired) electrons. The molecule has 4 aliphatic rings. The molecule has 3 saturated carbocycles. The lowest BCUT2D eigenvalue weighted by Crippen LogP contribution is -2.47. The van der Waals surface area contributed by atoms with Crippen LogP contribution < -0.4 is 5.32 Å². The van der Waals surface area contributed by atoms with Crippen LogP contribution in [0.25, 0.3) is 10.8 Å². The van der Waals surface area contributed by atoms with Crippen molar-refractivity contribution in [2.75, 3.05) is 13.1 Å². The predicted molar refractivity (Wildman–Crippen MR) is 124 cm³/mol. The van der Waals surface area contributed by atoms with Crippen molar-refractivity contribution >= 4 is 22.6 Å². The average Bonchev–Trinajstić information content (AvgIpc) is 3.08. The van der Waals surface area contributed by atoms with Gasteiger partial charge >= 0.3 is 0 Å². The highest BCUT2D eigenvalue weighted by atomic mass is 16.2. The van der Waals surface area contributed by atoms with Gasteiger partial charge in [0.15, 0.2) is 0 Å². The van der Waals surface area contributed by atoms with Crippen molar-refractivity contribution in [1.82, 2.24) is 15.2 Å². The van der Waals surface area contributed by atoms with Gasteiger partial charge in [-0.3, -0.25) is 14.6 Å². The first-order valence-electron chi connectivity index (χ1n) is 12.6. The summed E-state index contributed by atoms with van der Waals surface area (Å²) in [6.45, 7) is 1.26. The van der Waals surface area contributed by atoms with Crippen molar-refractivity contribution in [1.29, 1.82) is 0 Å². The van der Waals surface area contributed by atoms with E-state index in [1.165, 1.54) is 32.1 Å². The summed E-state index contributed by atoms with van der Waals surface area (Å²) in [5, 5.41) is 5.42. The van der Waals surface area contributed by atoms with Gasteiger partial charge in [0.1, 0.15) is 5.69 Å². The number of fused-ring (bicyclic) bond motifs is 3. The summed E-state index contributed by atoms with van der Waals surface area (Å²) < 4.78 is 0. The molecular formula is C27H33N3O2. The van der Waals surface area contributed by atoms with Crippen molar-refractivity contribution < 1.29 is 9.59 Å². The van der Waals surface area contributed by atoms with Crippen LogP contribution in [0.3, 0.4) is 0 Å². The number of hydrogen-bond donors (Lipinski definition) is 1. The molecule has 2 aromatic rings. The standard InChI is InChI=1S/C27H33N3O2/c31-26(29-24-6-5-17-13-18-15-21(14-17)23(24)16-18)20-8-11-30(12-9-20)27(32)25-22-4-2-1-3-19(22)7-10-28-25/h1-4,7,10,17-18,20-21,23-24H,5-6,8-9,11-16H2,(H,29,31). The van der Waals surface area contributed by atoms with E-state index in [-0.39, 0.29) is 17.7 Å². The number of aromatic nitrogens is 1. The van der Waals surface area contributed by atoms with Crippen LogP contribution >= 0.6 is 0 Å². The minimum absolute atomic E-state index is 0.0163. The van der Waals surface area contributed by atoms with E-state index in [0.29, 0.717) is 30.7 Å². The lowest BCUT2D eigenvalue weighted by atomic mass is 9.80. The lowest BCUT2D eigenvalue weighted by Gasteiger charge is -2.33. The van der Waals surface area contributed by atoms with Gasteiger partial charge in [0.2, 0.25) is 5.91 Å². The summed E-state index contributed by atoms with van der Waals surface area (Å²) in [5.74, 6) is 3.61. The highest BCUT2D eigenvalue weighted by Crippen LogP contribution is 2.53. The molecule has 5 nitrogen and oxygen atoms in total. The summed E-state index contributed by atoms with van der Waals surface area (Å²) in [6.07, 6.45) is 11.2. The first-order chi connectivity index (χ1) is 15.7. The number of rotatable bonds is 3. The van der Waals surface area contributed by atoms with Gasteiger partial charge in [-0.25, -0.2) is 0 Å². The van der Waals surface area contributed by atoms with Crippen molar-refractivity contribution in [2.24, 2.45) is 29.6 Å². The van der Waals surface area contributed by atoms with E-state index in [4.69, 9.17) is 0 Å². The van der Waals surface area contributed by atoms with Crippen LogP contribution in [0.15, 0.2) is 36.5 Å². The Kier molecular flexibility index (Phi) is 5.15. The molecule has 1 aromatic carbocycles. The van der Waals surface area contributed by atoms with E-state index >= 15 is 0 Å². The van der Waals surface area contributed by atoms with Crippen molar-refractivity contribution in [3.63, 3.8) is 0 Å². The first kappa shape index (κ1) is 20.2. The van der Waals surface area contributed by atoms with Gasteiger partial charge in [-0.15, -0.1) is 0 Å². The van der Waals surface area contributed by atoms with Gasteiger partial charge in [-0.2, -0.15) is 0 Å². The van der Waals surface area contributed by atoms with Crippen molar-refractivity contribution in [3.05, 3.63) is 42.2 Å². The molecule has 0 spiro atoms. The Bertz CT molecular complexity index is 1020. The largest absolute Gasteiger partial charge is 0.353 e. The maximum Gasteiger partial charge on any atom is 0.273 e. The maximum atomic E-state index is 13.2. The maximum absolute atomic E-state index is 13.2. The van der Waals surface area contributed by atoms with Gasteiger partial charge in [0, 0.05) is 36.6 Å². The number of hydrogen-bond acceptors (Lipinski definition) is 3. The summed E-state index contributed by atoms with van der Waals surface area (Å²) in [7, 11) is 0. The third kappa shape index (κ3) is 3.60. The highest BCUT2D eigenvalue weighted by molar-refractivity contribution is 6.05. The zero-order chi connectivity index (χ0) is 21.7. The fraction of sp³-hybridized carbons (Fsp3) is 0.593. The summed E-state index contributed by atoms with van der Waals surface area (Å²) in [5.41, 5.74) is 0.523. The van der Waals surface area contributed by atoms with Crippen molar-refractivity contribution in [3.8, 4) is 0 Å². The molecule has 1 aliphatic heterocycles. The molecule has 1 aromatic heterocycles. The number of carbonyl (C=O) groups excluding carboxylic acids is 2. The zero-order valence-electron chi connectivity index (χ0n) is 18.7. The Hall–Kier alpha value is -2.43. The molecule has 5 heteroatoms. The minimum atomic E-state index is -0.0163. The van der Waals surface area contributed by atoms with Gasteiger partial charge in [-0.1, -0.05) is 24.3 Å². The molecule has 3 aliphatic carbocycles. The number of nitrogens with zero attached hydrogens (tertiary/aromatic N) is 2. The first-order valence-corrected chi connectivity index (χ1v) is 12.6. The topological polar surface area (TPSA) is 62.3 Å². The number of piperidine rings is 1. The number of likely N-dealkylation sites (tertiary alicyclic amines) is 1. The highest BCUT2D eigenvalue weighted by Gasteiger charge is 2.46. The molecule has 6 rings (SSSR count). The number of nitrogens with one attached hydrogen (secondary N) is 1. The molecule has 2 amide bonds. The van der Waals surface area contributed by atoms with Crippen LogP contribution in [0.4, 0.5) is 0 Å². The van der Waals surface area contributed by atoms with E-state index in [0.717, 1.165) is 47.8 Å². The molecule has 5 unspecified atom stereocenters. The Balaban J connectivity index is 1.08. The van der Waals surface area contributed by atoms with Crippen LogP contribution in [0.5, 0.6) is 0 Å². The average molecular weight is 432 g/mol. The Labute approximate surface area is 190 Å². The Morgan fingerprint density at radius 2 is 1.72 bits per heavy atom. The van der Waals surface area contributed by atoms with E-state index in [1.54, 1.807) is 6.20 Å². The van der Waals surface area contributed by atoms with Crippen LogP contribution in [0.2, 0.25) is 0 Å². The SMILES string of the molecule is O=C(NC1CCC2CC3CC(C2)C1C3)C1CCN(C(=O)c2nccc3ccccc23)CC1. The molecule has 1 saturated heterocycles. The second kappa shape index (κ2) is 8.17. The molecule has 32 heavy (non-hydrogen) atoms. The fourth-order valence-corrected chi connectivity index (χ4v) is 7.36. The second-order valence-electron chi connectivity index (χ2n) is 10.7. The number of carbonyl (C=O) groups is 2. The molecule has 3 bridgehead atoms. The van der Waals surface area contributed by atoms with Gasteiger partial charge in [-0.05, 0) is 86.5 Å². The molecular weight excluding hydrogens is 398 g/mol. The number of pyridine rings is 1. The van der Waals surface area contributed by atoms with Gasteiger partial charge < -0.3 is 10.2 Å². The van der Waals surface area contributed by atoms with Crippen LogP contribution in [0.1, 0.15) is 61.9 Å². The smallest absolute Gasteiger partial charge is 0.273 e. The molecule has 168 valence electrons. The van der Waals surface area contributed by atoms with E-state index in [9.17, 15) is 9.59 Å². The van der Waals surface area contributed by atoms with Gasteiger partial charge in [0.05, 0.1) is 0 Å². The molecule has 4 fully saturated rings. The lowest BCUT2D eigenvalue weighted by molar-refractivity contribution is -0.127. The molecule has 1 N–H and O–H groups in total. The normalized spacial score (nSPS) is 32.1. The van der Waals surface area contributed by atoms with Gasteiger partial charge in [0.25, 0.3) is 5.91 Å². The van der Waals surface area contributed by atoms with Crippen molar-refractivity contribution in [2.45, 2.75) is 57.4 Å². The molecule has 5 atom stereocenters. The fourth-order valence-electron chi connectivity index (χ4n) is 7.36. The quantitative estimate of drug-likeness (QED) is 0.783. The summed E-state index contributed by atoms with van der Waals surface area (Å²) in [4.78, 5) is 32.6. The monoisotopic (exact) mass is 431 g/mol. The Morgan fingerprint density at radius 3 is 2.59 bits per heavy atom. The number of benzene rings is 1. The number of amides is 2. The van der Waals surface area contributed by atoms with Crippen LogP contribution in [-0.4, -0.2) is 40.8 Å². The predicted octanol–water partition coefficient (Wildman–Crippen LogP) is 4.42. The van der Waals surface area contributed by atoms with Crippen LogP contribution in [0, 0.1) is 29.6 Å². The second-order valence-corrected chi connectivity index (χ2v) is 10.7. The van der Waals surface area contributed by atoms with E-state index < -0.39 is 0 Å². The minimum Gasteiger partial charge on any atom is -0.353 e. The summed E-state index contributed by atoms with van der Waals surface area (Å²) in [6, 6.07) is 10.2. The zero-order valence-corrected chi connectivity index (χ0v) is 18.7. The third-order valence-corrected chi connectivity index (χ3v) is 8.91. The third-order valence-electron chi connectivity index (χ3n) is 8.91. The van der Waals surface area contributed by atoms with Crippen LogP contribution in [-0.2, 0) is 4.79 Å². The molecule has 2 heterocycles.